The number of nitrogens with zero attached hydrogens (tertiary/aromatic N) is 1. The van der Waals surface area contributed by atoms with Gasteiger partial charge in [-0.2, -0.15) is 0 Å². The van der Waals surface area contributed by atoms with Gasteiger partial charge in [0.15, 0.2) is 0 Å². The monoisotopic (exact) mass is 346 g/mol. The standard InChI is InChI=1S/C20H30N2O3/c1-14-6-8-16(9-7-14)15(2)21-18(23)17-10-12-22(13-11-17)19(24)25-20(3,4)5/h6-9,15,17H,10-13H2,1-5H3,(H,21,23). The number of ether oxygens (including phenoxy) is 1. The van der Waals surface area contributed by atoms with Crippen molar-refractivity contribution in [2.24, 2.45) is 5.92 Å². The average molecular weight is 346 g/mol. The molecule has 1 aliphatic heterocycles. The second kappa shape index (κ2) is 7.89. The second-order valence-electron chi connectivity index (χ2n) is 7.88. The first-order valence-electron chi connectivity index (χ1n) is 9.00. The third-order valence-corrected chi connectivity index (χ3v) is 4.45. The predicted octanol–water partition coefficient (Wildman–Crippen LogP) is 3.82. The first-order valence-corrected chi connectivity index (χ1v) is 9.00. The molecule has 0 aromatic heterocycles. The second-order valence-corrected chi connectivity index (χ2v) is 7.88. The van der Waals surface area contributed by atoms with Crippen LogP contribution in [0, 0.1) is 12.8 Å². The van der Waals surface area contributed by atoms with E-state index in [9.17, 15) is 9.59 Å². The smallest absolute Gasteiger partial charge is 0.410 e. The summed E-state index contributed by atoms with van der Waals surface area (Å²) in [6.07, 6.45) is 1.05. The van der Waals surface area contributed by atoms with Gasteiger partial charge in [0, 0.05) is 19.0 Å². The fourth-order valence-corrected chi connectivity index (χ4v) is 2.92. The Hall–Kier alpha value is -2.04. The summed E-state index contributed by atoms with van der Waals surface area (Å²) in [5.41, 5.74) is 1.82. The molecule has 1 atom stereocenters. The van der Waals surface area contributed by atoms with Gasteiger partial charge in [0.25, 0.3) is 0 Å². The van der Waals surface area contributed by atoms with Crippen LogP contribution in [-0.4, -0.2) is 35.6 Å². The molecule has 0 spiro atoms. The van der Waals surface area contributed by atoms with Gasteiger partial charge in [0.05, 0.1) is 6.04 Å². The molecule has 2 amide bonds. The van der Waals surface area contributed by atoms with E-state index in [0.717, 1.165) is 5.56 Å². The van der Waals surface area contributed by atoms with Crippen LogP contribution in [0.3, 0.4) is 0 Å². The van der Waals surface area contributed by atoms with Gasteiger partial charge in [-0.1, -0.05) is 29.8 Å². The lowest BCUT2D eigenvalue weighted by Gasteiger charge is -2.33. The maximum absolute atomic E-state index is 12.5. The van der Waals surface area contributed by atoms with E-state index in [0.29, 0.717) is 25.9 Å². The van der Waals surface area contributed by atoms with E-state index in [2.05, 4.69) is 17.4 Å². The van der Waals surface area contributed by atoms with E-state index in [1.807, 2.05) is 46.8 Å². The number of nitrogens with one attached hydrogen (secondary N) is 1. The lowest BCUT2D eigenvalue weighted by atomic mass is 9.95. The Morgan fingerprint density at radius 1 is 1.16 bits per heavy atom. The Morgan fingerprint density at radius 2 is 1.72 bits per heavy atom. The molecule has 1 aliphatic rings. The van der Waals surface area contributed by atoms with Crippen molar-refractivity contribution in [3.05, 3.63) is 35.4 Å². The van der Waals surface area contributed by atoms with E-state index in [-0.39, 0.29) is 24.0 Å². The minimum absolute atomic E-state index is 0.0167. The summed E-state index contributed by atoms with van der Waals surface area (Å²) >= 11 is 0. The Morgan fingerprint density at radius 3 is 2.24 bits per heavy atom. The maximum Gasteiger partial charge on any atom is 0.410 e. The van der Waals surface area contributed by atoms with Crippen LogP contribution in [-0.2, 0) is 9.53 Å². The normalized spacial score (nSPS) is 17.1. The first-order chi connectivity index (χ1) is 11.7. The number of carbonyl (C=O) groups is 2. The number of likely N-dealkylation sites (tertiary alicyclic amines) is 1. The van der Waals surface area contributed by atoms with Crippen molar-refractivity contribution >= 4 is 12.0 Å². The largest absolute Gasteiger partial charge is 0.444 e. The van der Waals surface area contributed by atoms with Gasteiger partial charge in [0.1, 0.15) is 5.60 Å². The molecular weight excluding hydrogens is 316 g/mol. The Balaban J connectivity index is 1.82. The van der Waals surface area contributed by atoms with Crippen molar-refractivity contribution in [3.63, 3.8) is 0 Å². The zero-order chi connectivity index (χ0) is 18.6. The van der Waals surface area contributed by atoms with E-state index in [4.69, 9.17) is 4.74 Å². The SMILES string of the molecule is Cc1ccc(C(C)NC(=O)C2CCN(C(=O)OC(C)(C)C)CC2)cc1. The highest BCUT2D eigenvalue weighted by Gasteiger charge is 2.30. The summed E-state index contributed by atoms with van der Waals surface area (Å²) in [6, 6.07) is 8.18. The number of carbonyl (C=O) groups excluding carboxylic acids is 2. The highest BCUT2D eigenvalue weighted by molar-refractivity contribution is 5.79. The predicted molar refractivity (Wildman–Crippen MR) is 98.3 cm³/mol. The van der Waals surface area contributed by atoms with Gasteiger partial charge in [-0.05, 0) is 53.0 Å². The van der Waals surface area contributed by atoms with Crippen molar-refractivity contribution in [2.45, 2.75) is 59.1 Å². The minimum Gasteiger partial charge on any atom is -0.444 e. The third kappa shape index (κ3) is 5.76. The summed E-state index contributed by atoms with van der Waals surface area (Å²) in [5, 5.41) is 3.09. The number of rotatable bonds is 3. The molecule has 0 saturated carbocycles. The quantitative estimate of drug-likeness (QED) is 0.905. The van der Waals surface area contributed by atoms with Crippen molar-refractivity contribution in [3.8, 4) is 0 Å². The van der Waals surface area contributed by atoms with Gasteiger partial charge in [-0.25, -0.2) is 4.79 Å². The fourth-order valence-electron chi connectivity index (χ4n) is 2.92. The topological polar surface area (TPSA) is 58.6 Å². The number of aryl methyl sites for hydroxylation is 1. The average Bonchev–Trinajstić information content (AvgIpc) is 2.54. The van der Waals surface area contributed by atoms with Crippen molar-refractivity contribution in [2.75, 3.05) is 13.1 Å². The van der Waals surface area contributed by atoms with Gasteiger partial charge >= 0.3 is 6.09 Å². The van der Waals surface area contributed by atoms with Crippen LogP contribution in [0.25, 0.3) is 0 Å². The molecule has 138 valence electrons. The first kappa shape index (κ1) is 19.3. The van der Waals surface area contributed by atoms with Crippen molar-refractivity contribution in [1.82, 2.24) is 10.2 Å². The Bertz CT molecular complexity index is 596. The molecule has 0 radical (unpaired) electrons. The van der Waals surface area contributed by atoms with E-state index in [1.165, 1.54) is 5.56 Å². The van der Waals surface area contributed by atoms with Crippen LogP contribution in [0.4, 0.5) is 4.79 Å². The number of amides is 2. The van der Waals surface area contributed by atoms with Gasteiger partial charge in [0.2, 0.25) is 5.91 Å². The number of benzene rings is 1. The Kier molecular flexibility index (Phi) is 6.09. The van der Waals surface area contributed by atoms with Crippen LogP contribution < -0.4 is 5.32 Å². The molecule has 1 unspecified atom stereocenters. The molecule has 1 saturated heterocycles. The molecule has 1 N–H and O–H groups in total. The fraction of sp³-hybridized carbons (Fsp3) is 0.600. The lowest BCUT2D eigenvalue weighted by molar-refractivity contribution is -0.127. The van der Waals surface area contributed by atoms with Crippen molar-refractivity contribution in [1.29, 1.82) is 0 Å². The summed E-state index contributed by atoms with van der Waals surface area (Å²) in [6.45, 7) is 10.7. The van der Waals surface area contributed by atoms with Crippen LogP contribution in [0.1, 0.15) is 57.7 Å². The molecule has 0 aliphatic carbocycles. The molecule has 5 heteroatoms. The third-order valence-electron chi connectivity index (χ3n) is 4.45. The van der Waals surface area contributed by atoms with Crippen molar-refractivity contribution < 1.29 is 14.3 Å². The van der Waals surface area contributed by atoms with Gasteiger partial charge < -0.3 is 15.0 Å². The number of hydrogen-bond donors (Lipinski definition) is 1. The molecule has 0 bridgehead atoms. The Labute approximate surface area is 150 Å². The van der Waals surface area contributed by atoms with Crippen LogP contribution in [0.15, 0.2) is 24.3 Å². The molecule has 1 aromatic carbocycles. The molecule has 1 aromatic rings. The van der Waals surface area contributed by atoms with Crippen LogP contribution >= 0.6 is 0 Å². The summed E-state index contributed by atoms with van der Waals surface area (Å²) in [5.74, 6) is 0.0171. The number of hydrogen-bond acceptors (Lipinski definition) is 3. The lowest BCUT2D eigenvalue weighted by Crippen LogP contribution is -2.45. The molecule has 1 fully saturated rings. The highest BCUT2D eigenvalue weighted by atomic mass is 16.6. The number of piperidine rings is 1. The van der Waals surface area contributed by atoms with Gasteiger partial charge in [-0.15, -0.1) is 0 Å². The summed E-state index contributed by atoms with van der Waals surface area (Å²) in [4.78, 5) is 26.3. The molecule has 2 rings (SSSR count). The van der Waals surface area contributed by atoms with E-state index >= 15 is 0 Å². The molecule has 1 heterocycles. The van der Waals surface area contributed by atoms with Crippen LogP contribution in [0.5, 0.6) is 0 Å². The van der Waals surface area contributed by atoms with Gasteiger partial charge in [-0.3, -0.25) is 4.79 Å². The molecule has 5 nitrogen and oxygen atoms in total. The summed E-state index contributed by atoms with van der Waals surface area (Å²) in [7, 11) is 0. The zero-order valence-corrected chi connectivity index (χ0v) is 16.0. The molecular formula is C20H30N2O3. The maximum atomic E-state index is 12.5. The van der Waals surface area contributed by atoms with Crippen LogP contribution in [0.2, 0.25) is 0 Å². The zero-order valence-electron chi connectivity index (χ0n) is 16.0. The van der Waals surface area contributed by atoms with E-state index in [1.54, 1.807) is 4.90 Å². The molecule has 25 heavy (non-hydrogen) atoms. The van der Waals surface area contributed by atoms with E-state index < -0.39 is 5.60 Å². The minimum atomic E-state index is -0.491. The summed E-state index contributed by atoms with van der Waals surface area (Å²) < 4.78 is 5.39. The highest BCUT2D eigenvalue weighted by Crippen LogP contribution is 2.21.